The zero-order valence-electron chi connectivity index (χ0n) is 11.1. The third kappa shape index (κ3) is 2.98. The summed E-state index contributed by atoms with van der Waals surface area (Å²) in [5, 5.41) is -0.863. The summed E-state index contributed by atoms with van der Waals surface area (Å²) < 4.78 is 37.9. The SMILES string of the molecule is CCS(=O)(=O)C1CSCCN1C(=O)c1ccccc1F. The Morgan fingerprint density at radius 2 is 2.15 bits per heavy atom. The Labute approximate surface area is 122 Å². The zero-order chi connectivity index (χ0) is 14.8. The molecule has 20 heavy (non-hydrogen) atoms. The molecule has 7 heteroatoms. The van der Waals surface area contributed by atoms with Crippen molar-refractivity contribution in [3.8, 4) is 0 Å². The molecule has 1 fully saturated rings. The third-order valence-corrected chi connectivity index (χ3v) is 6.56. The maximum atomic E-state index is 13.7. The molecule has 1 saturated heterocycles. The Kier molecular flexibility index (Phi) is 4.70. The van der Waals surface area contributed by atoms with Crippen molar-refractivity contribution in [3.63, 3.8) is 0 Å². The van der Waals surface area contributed by atoms with Crippen LogP contribution in [0.15, 0.2) is 24.3 Å². The van der Waals surface area contributed by atoms with Gasteiger partial charge in [-0.25, -0.2) is 12.8 Å². The second-order valence-corrected chi connectivity index (χ2v) is 8.06. The van der Waals surface area contributed by atoms with E-state index in [4.69, 9.17) is 0 Å². The van der Waals surface area contributed by atoms with Gasteiger partial charge in [-0.15, -0.1) is 0 Å². The molecule has 0 aliphatic carbocycles. The lowest BCUT2D eigenvalue weighted by Crippen LogP contribution is -2.50. The van der Waals surface area contributed by atoms with Crippen LogP contribution in [-0.4, -0.2) is 48.4 Å². The van der Waals surface area contributed by atoms with E-state index in [0.717, 1.165) is 0 Å². The molecular formula is C13H16FNO3S2. The third-order valence-electron chi connectivity index (χ3n) is 3.27. The number of amides is 1. The number of sulfone groups is 1. The first-order valence-corrected chi connectivity index (χ1v) is 9.19. The number of hydrogen-bond acceptors (Lipinski definition) is 4. The lowest BCUT2D eigenvalue weighted by molar-refractivity contribution is 0.0744. The maximum Gasteiger partial charge on any atom is 0.257 e. The van der Waals surface area contributed by atoms with Crippen molar-refractivity contribution in [1.82, 2.24) is 4.90 Å². The van der Waals surface area contributed by atoms with Crippen LogP contribution in [0, 0.1) is 5.82 Å². The predicted octanol–water partition coefficient (Wildman–Crippen LogP) is 1.78. The van der Waals surface area contributed by atoms with Crippen LogP contribution in [0.1, 0.15) is 17.3 Å². The summed E-state index contributed by atoms with van der Waals surface area (Å²) in [6, 6.07) is 5.65. The van der Waals surface area contributed by atoms with Crippen molar-refractivity contribution in [2.75, 3.05) is 23.8 Å². The van der Waals surface area contributed by atoms with Crippen LogP contribution in [0.25, 0.3) is 0 Å². The number of benzene rings is 1. The summed E-state index contributed by atoms with van der Waals surface area (Å²) >= 11 is 1.50. The molecule has 0 N–H and O–H groups in total. The number of hydrogen-bond donors (Lipinski definition) is 0. The lowest BCUT2D eigenvalue weighted by Gasteiger charge is -2.34. The van der Waals surface area contributed by atoms with Gasteiger partial charge in [-0.1, -0.05) is 19.1 Å². The molecule has 1 aliphatic rings. The standard InChI is InChI=1S/C13H16FNO3S2/c1-2-20(17,18)12-9-19-8-7-15(12)13(16)10-5-3-4-6-11(10)14/h3-6,12H,2,7-9H2,1H3. The van der Waals surface area contributed by atoms with Gasteiger partial charge < -0.3 is 4.90 Å². The van der Waals surface area contributed by atoms with E-state index in [-0.39, 0.29) is 11.3 Å². The van der Waals surface area contributed by atoms with Gasteiger partial charge in [0.2, 0.25) is 0 Å². The van der Waals surface area contributed by atoms with Crippen LogP contribution in [0.3, 0.4) is 0 Å². The van der Waals surface area contributed by atoms with Crippen LogP contribution in [0.4, 0.5) is 4.39 Å². The number of rotatable bonds is 3. The average molecular weight is 317 g/mol. The minimum absolute atomic E-state index is 0.0285. The molecule has 110 valence electrons. The topological polar surface area (TPSA) is 54.5 Å². The molecule has 0 spiro atoms. The zero-order valence-corrected chi connectivity index (χ0v) is 12.7. The van der Waals surface area contributed by atoms with Gasteiger partial charge in [-0.05, 0) is 12.1 Å². The van der Waals surface area contributed by atoms with Gasteiger partial charge in [0.15, 0.2) is 9.84 Å². The second-order valence-electron chi connectivity index (χ2n) is 4.46. The maximum absolute atomic E-state index is 13.7. The summed E-state index contributed by atoms with van der Waals surface area (Å²) in [5.74, 6) is -0.195. The molecule has 4 nitrogen and oxygen atoms in total. The van der Waals surface area contributed by atoms with Crippen LogP contribution < -0.4 is 0 Å². The van der Waals surface area contributed by atoms with Gasteiger partial charge in [0.25, 0.3) is 5.91 Å². The minimum atomic E-state index is -3.37. The van der Waals surface area contributed by atoms with E-state index >= 15 is 0 Å². The van der Waals surface area contributed by atoms with Crippen LogP contribution >= 0.6 is 11.8 Å². The average Bonchev–Trinajstić information content (AvgIpc) is 2.47. The van der Waals surface area contributed by atoms with E-state index in [1.807, 2.05) is 0 Å². The summed E-state index contributed by atoms with van der Waals surface area (Å²) in [4.78, 5) is 13.7. The normalized spacial score (nSPS) is 19.9. The Hall–Kier alpha value is -1.08. The van der Waals surface area contributed by atoms with E-state index in [1.54, 1.807) is 13.0 Å². The molecule has 0 aromatic heterocycles. The largest absolute Gasteiger partial charge is 0.320 e. The molecule has 0 saturated carbocycles. The Balaban J connectivity index is 2.34. The molecule has 1 unspecified atom stereocenters. The Morgan fingerprint density at radius 1 is 1.45 bits per heavy atom. The number of carbonyl (C=O) groups is 1. The van der Waals surface area contributed by atoms with Crippen LogP contribution in [-0.2, 0) is 9.84 Å². The fourth-order valence-corrected chi connectivity index (χ4v) is 5.06. The number of carbonyl (C=O) groups excluding carboxylic acids is 1. The highest BCUT2D eigenvalue weighted by Crippen LogP contribution is 2.24. The van der Waals surface area contributed by atoms with Crippen molar-refractivity contribution in [2.45, 2.75) is 12.3 Å². The molecule has 1 atom stereocenters. The molecule has 0 bridgehead atoms. The first-order chi connectivity index (χ1) is 9.47. The molecule has 1 aromatic rings. The molecule has 1 amide bonds. The highest BCUT2D eigenvalue weighted by molar-refractivity contribution is 8.01. The number of nitrogens with zero attached hydrogens (tertiary/aromatic N) is 1. The van der Waals surface area contributed by atoms with E-state index in [0.29, 0.717) is 18.1 Å². The quantitative estimate of drug-likeness (QED) is 0.853. The van der Waals surface area contributed by atoms with Crippen molar-refractivity contribution in [1.29, 1.82) is 0 Å². The molecule has 1 aliphatic heterocycles. The van der Waals surface area contributed by atoms with Crippen molar-refractivity contribution < 1.29 is 17.6 Å². The van der Waals surface area contributed by atoms with Crippen LogP contribution in [0.5, 0.6) is 0 Å². The van der Waals surface area contributed by atoms with Gasteiger partial charge in [0.05, 0.1) is 5.56 Å². The van der Waals surface area contributed by atoms with E-state index in [1.165, 1.54) is 34.9 Å². The summed E-state index contributed by atoms with van der Waals surface area (Å²) in [5.41, 5.74) is -0.0734. The first kappa shape index (κ1) is 15.3. The van der Waals surface area contributed by atoms with Gasteiger partial charge in [0.1, 0.15) is 11.2 Å². The van der Waals surface area contributed by atoms with Crippen LogP contribution in [0.2, 0.25) is 0 Å². The molecule has 1 aromatic carbocycles. The number of halogens is 1. The van der Waals surface area contributed by atoms with Crippen molar-refractivity contribution in [2.24, 2.45) is 0 Å². The summed E-state index contributed by atoms with van der Waals surface area (Å²) in [6.07, 6.45) is 0. The second kappa shape index (κ2) is 6.13. The predicted molar refractivity (Wildman–Crippen MR) is 78.0 cm³/mol. The van der Waals surface area contributed by atoms with E-state index in [2.05, 4.69) is 0 Å². The molecule has 2 rings (SSSR count). The lowest BCUT2D eigenvalue weighted by atomic mass is 10.2. The number of thioether (sulfide) groups is 1. The fraction of sp³-hybridized carbons (Fsp3) is 0.462. The Morgan fingerprint density at radius 3 is 2.80 bits per heavy atom. The minimum Gasteiger partial charge on any atom is -0.320 e. The monoisotopic (exact) mass is 317 g/mol. The molecule has 0 radical (unpaired) electrons. The van der Waals surface area contributed by atoms with E-state index in [9.17, 15) is 17.6 Å². The molecule has 1 heterocycles. The van der Waals surface area contributed by atoms with Gasteiger partial charge in [-0.3, -0.25) is 4.79 Å². The summed E-state index contributed by atoms with van der Waals surface area (Å²) in [6.45, 7) is 1.88. The van der Waals surface area contributed by atoms with E-state index < -0.39 is 26.9 Å². The smallest absolute Gasteiger partial charge is 0.257 e. The first-order valence-electron chi connectivity index (χ1n) is 6.32. The van der Waals surface area contributed by atoms with Gasteiger partial charge in [-0.2, -0.15) is 11.8 Å². The Bertz CT molecular complexity index is 603. The van der Waals surface area contributed by atoms with Gasteiger partial charge >= 0.3 is 0 Å². The van der Waals surface area contributed by atoms with Crippen molar-refractivity contribution in [3.05, 3.63) is 35.6 Å². The summed E-state index contributed by atoms with van der Waals surface area (Å²) in [7, 11) is -3.37. The molecular weight excluding hydrogens is 301 g/mol. The highest BCUT2D eigenvalue weighted by Gasteiger charge is 2.36. The highest BCUT2D eigenvalue weighted by atomic mass is 32.2. The fourth-order valence-electron chi connectivity index (χ4n) is 2.09. The van der Waals surface area contributed by atoms with Crippen molar-refractivity contribution >= 4 is 27.5 Å². The van der Waals surface area contributed by atoms with Gasteiger partial charge in [0, 0.05) is 23.8 Å².